The minimum atomic E-state index is -0.319. The summed E-state index contributed by atoms with van der Waals surface area (Å²) >= 11 is 0. The molecular weight excluding hydrogens is 363 g/mol. The third-order valence-electron chi connectivity index (χ3n) is 5.21. The lowest BCUT2D eigenvalue weighted by molar-refractivity contribution is -0.134. The number of amides is 2. The Bertz CT molecular complexity index is 778. The van der Waals surface area contributed by atoms with Gasteiger partial charge in [-0.15, -0.1) is 0 Å². The fraction of sp³-hybridized carbons (Fsp3) is 0.524. The van der Waals surface area contributed by atoms with Crippen LogP contribution >= 0.6 is 0 Å². The zero-order valence-electron chi connectivity index (χ0n) is 16.4. The molecule has 3 rings (SSSR count). The molecular formula is C21H27FN2O4. The van der Waals surface area contributed by atoms with Gasteiger partial charge in [0.2, 0.25) is 11.7 Å². The standard InChI is InChI=1S/C21H27FN2O4/c1-14-12-17(22)6-7-18(14)23-19(25)8-5-16-4-3-9-24(13-16)21(26)20-15(2)27-10-11-28-20/h6-7,12,16H,3-5,8-11,13H2,1-2H3,(H,23,25)/t16-/m1/s1. The zero-order chi connectivity index (χ0) is 20.1. The smallest absolute Gasteiger partial charge is 0.292 e. The molecule has 7 heteroatoms. The van der Waals surface area contributed by atoms with E-state index in [-0.39, 0.29) is 23.5 Å². The number of benzene rings is 1. The molecule has 0 saturated carbocycles. The molecule has 0 spiro atoms. The summed E-state index contributed by atoms with van der Waals surface area (Å²) in [6.45, 7) is 5.66. The van der Waals surface area contributed by atoms with E-state index in [1.54, 1.807) is 24.8 Å². The quantitative estimate of drug-likeness (QED) is 0.837. The molecule has 2 aliphatic heterocycles. The molecule has 2 amide bonds. The van der Waals surface area contributed by atoms with Gasteiger partial charge in [0.1, 0.15) is 24.8 Å². The van der Waals surface area contributed by atoms with Gasteiger partial charge in [-0.25, -0.2) is 4.39 Å². The topological polar surface area (TPSA) is 67.9 Å². The summed E-state index contributed by atoms with van der Waals surface area (Å²) in [5.74, 6) is 0.557. The summed E-state index contributed by atoms with van der Waals surface area (Å²) in [6.07, 6.45) is 2.96. The Morgan fingerprint density at radius 1 is 1.25 bits per heavy atom. The van der Waals surface area contributed by atoms with Crippen molar-refractivity contribution in [3.63, 3.8) is 0 Å². The van der Waals surface area contributed by atoms with Crippen molar-refractivity contribution in [2.45, 2.75) is 39.5 Å². The van der Waals surface area contributed by atoms with Crippen molar-refractivity contribution in [1.29, 1.82) is 0 Å². The average molecular weight is 390 g/mol. The second-order valence-corrected chi connectivity index (χ2v) is 7.39. The van der Waals surface area contributed by atoms with Crippen LogP contribution in [0.3, 0.4) is 0 Å². The van der Waals surface area contributed by atoms with Crippen molar-refractivity contribution >= 4 is 17.5 Å². The Morgan fingerprint density at radius 2 is 2.04 bits per heavy atom. The summed E-state index contributed by atoms with van der Waals surface area (Å²) in [4.78, 5) is 26.8. The SMILES string of the molecule is CC1=C(C(=O)N2CCC[C@H](CCC(=O)Nc3ccc(F)cc3C)C2)OCCO1. The Kier molecular flexibility index (Phi) is 6.54. The van der Waals surface area contributed by atoms with Gasteiger partial charge in [0.15, 0.2) is 0 Å². The Hall–Kier alpha value is -2.57. The Morgan fingerprint density at radius 3 is 2.79 bits per heavy atom. The molecule has 1 fully saturated rings. The lowest BCUT2D eigenvalue weighted by atomic mass is 9.93. The normalized spacial score (nSPS) is 19.7. The highest BCUT2D eigenvalue weighted by atomic mass is 19.1. The van der Waals surface area contributed by atoms with Gasteiger partial charge in [0.05, 0.1) is 0 Å². The van der Waals surface area contributed by atoms with E-state index in [4.69, 9.17) is 9.47 Å². The average Bonchev–Trinajstić information content (AvgIpc) is 2.69. The van der Waals surface area contributed by atoms with Crippen molar-refractivity contribution in [1.82, 2.24) is 4.90 Å². The lowest BCUT2D eigenvalue weighted by Crippen LogP contribution is -2.42. The van der Waals surface area contributed by atoms with Crippen molar-refractivity contribution < 1.29 is 23.5 Å². The third kappa shape index (κ3) is 5.03. The van der Waals surface area contributed by atoms with Crippen molar-refractivity contribution in [2.24, 2.45) is 5.92 Å². The van der Waals surface area contributed by atoms with Gasteiger partial charge in [0.25, 0.3) is 5.91 Å². The molecule has 6 nitrogen and oxygen atoms in total. The van der Waals surface area contributed by atoms with E-state index in [1.807, 2.05) is 0 Å². The number of nitrogens with zero attached hydrogens (tertiary/aromatic N) is 1. The number of rotatable bonds is 5. The van der Waals surface area contributed by atoms with Gasteiger partial charge in [0, 0.05) is 25.2 Å². The first kappa shape index (κ1) is 20.2. The van der Waals surface area contributed by atoms with Gasteiger partial charge in [-0.1, -0.05) is 0 Å². The predicted molar refractivity (Wildman–Crippen MR) is 103 cm³/mol. The minimum absolute atomic E-state index is 0.0966. The maximum atomic E-state index is 13.2. The Labute approximate surface area is 164 Å². The zero-order valence-corrected chi connectivity index (χ0v) is 16.4. The lowest BCUT2D eigenvalue weighted by Gasteiger charge is -2.34. The highest BCUT2D eigenvalue weighted by Crippen LogP contribution is 2.25. The van der Waals surface area contributed by atoms with Crippen molar-refractivity contribution in [3.05, 3.63) is 41.1 Å². The monoisotopic (exact) mass is 390 g/mol. The van der Waals surface area contributed by atoms with Crippen LogP contribution in [0, 0.1) is 18.7 Å². The number of anilines is 1. The number of nitrogens with one attached hydrogen (secondary N) is 1. The van der Waals surface area contributed by atoms with Crippen molar-refractivity contribution in [2.75, 3.05) is 31.6 Å². The fourth-order valence-corrected chi connectivity index (χ4v) is 3.66. The molecule has 0 aliphatic carbocycles. The molecule has 1 aromatic carbocycles. The maximum absolute atomic E-state index is 13.2. The molecule has 1 atom stereocenters. The number of piperidine rings is 1. The summed E-state index contributed by atoms with van der Waals surface area (Å²) in [6, 6.07) is 4.31. The molecule has 0 unspecified atom stereocenters. The van der Waals surface area contributed by atoms with Gasteiger partial charge >= 0.3 is 0 Å². The van der Waals surface area contributed by atoms with Gasteiger partial charge < -0.3 is 19.7 Å². The first-order valence-corrected chi connectivity index (χ1v) is 9.76. The molecule has 28 heavy (non-hydrogen) atoms. The van der Waals surface area contributed by atoms with E-state index in [1.165, 1.54) is 12.1 Å². The number of likely N-dealkylation sites (tertiary alicyclic amines) is 1. The van der Waals surface area contributed by atoms with E-state index in [0.29, 0.717) is 61.9 Å². The fourth-order valence-electron chi connectivity index (χ4n) is 3.66. The summed E-state index contributed by atoms with van der Waals surface area (Å²) in [5.41, 5.74) is 1.32. The minimum Gasteiger partial charge on any atom is -0.491 e. The van der Waals surface area contributed by atoms with Crippen LogP contribution < -0.4 is 5.32 Å². The maximum Gasteiger partial charge on any atom is 0.292 e. The van der Waals surface area contributed by atoms with E-state index in [2.05, 4.69) is 5.32 Å². The molecule has 1 aromatic rings. The van der Waals surface area contributed by atoms with Crippen molar-refractivity contribution in [3.8, 4) is 0 Å². The largest absolute Gasteiger partial charge is 0.491 e. The van der Waals surface area contributed by atoms with Gasteiger partial charge in [-0.05, 0) is 62.8 Å². The molecule has 0 bridgehead atoms. The molecule has 2 heterocycles. The predicted octanol–water partition coefficient (Wildman–Crippen LogP) is 3.37. The third-order valence-corrected chi connectivity index (χ3v) is 5.21. The number of carbonyl (C=O) groups is 2. The summed E-state index contributed by atoms with van der Waals surface area (Å²) < 4.78 is 24.1. The van der Waals surface area contributed by atoms with Crippen LogP contribution in [0.5, 0.6) is 0 Å². The van der Waals surface area contributed by atoms with Crippen LogP contribution in [0.15, 0.2) is 29.7 Å². The van der Waals surface area contributed by atoms with Crippen LogP contribution in [0.2, 0.25) is 0 Å². The highest BCUT2D eigenvalue weighted by Gasteiger charge is 2.29. The van der Waals surface area contributed by atoms with E-state index >= 15 is 0 Å². The summed E-state index contributed by atoms with van der Waals surface area (Å²) in [7, 11) is 0. The van der Waals surface area contributed by atoms with Crippen LogP contribution in [-0.4, -0.2) is 43.0 Å². The van der Waals surface area contributed by atoms with Gasteiger partial charge in [-0.3, -0.25) is 9.59 Å². The molecule has 1 N–H and O–H groups in total. The highest BCUT2D eigenvalue weighted by molar-refractivity contribution is 5.92. The molecule has 152 valence electrons. The Balaban J connectivity index is 1.51. The number of carbonyl (C=O) groups excluding carboxylic acids is 2. The van der Waals surface area contributed by atoms with Crippen LogP contribution in [0.1, 0.15) is 38.2 Å². The first-order chi connectivity index (χ1) is 13.4. The number of halogens is 1. The van der Waals surface area contributed by atoms with Crippen LogP contribution in [0.4, 0.5) is 10.1 Å². The summed E-state index contributed by atoms with van der Waals surface area (Å²) in [5, 5.41) is 2.84. The number of hydrogen-bond donors (Lipinski definition) is 1. The number of ether oxygens (including phenoxy) is 2. The van der Waals surface area contributed by atoms with Crippen LogP contribution in [0.25, 0.3) is 0 Å². The van der Waals surface area contributed by atoms with E-state index in [0.717, 1.165) is 12.8 Å². The molecule has 0 aromatic heterocycles. The van der Waals surface area contributed by atoms with E-state index in [9.17, 15) is 14.0 Å². The van der Waals surface area contributed by atoms with E-state index < -0.39 is 0 Å². The molecule has 1 saturated heterocycles. The molecule has 0 radical (unpaired) electrons. The second kappa shape index (κ2) is 9.08. The number of allylic oxidation sites excluding steroid dienone is 1. The second-order valence-electron chi connectivity index (χ2n) is 7.39. The number of hydrogen-bond acceptors (Lipinski definition) is 4. The molecule has 2 aliphatic rings. The van der Waals surface area contributed by atoms with Gasteiger partial charge in [-0.2, -0.15) is 0 Å². The number of aryl methyl sites for hydroxylation is 1. The first-order valence-electron chi connectivity index (χ1n) is 9.76. The van der Waals surface area contributed by atoms with Crippen LogP contribution in [-0.2, 0) is 19.1 Å².